The van der Waals surface area contributed by atoms with Gasteiger partial charge in [0.05, 0.1) is 0 Å². The maximum Gasteiger partial charge on any atom is -0.0395 e. The Balaban J connectivity index is 4.01. The van der Waals surface area contributed by atoms with Gasteiger partial charge in [-0.05, 0) is 26.3 Å². The van der Waals surface area contributed by atoms with E-state index in [9.17, 15) is 0 Å². The Kier molecular flexibility index (Phi) is 5.18. The second kappa shape index (κ2) is 5.72. The molecule has 0 N–H and O–H groups in total. The molecule has 0 spiro atoms. The topological polar surface area (TPSA) is 0 Å². The van der Waals surface area contributed by atoms with Crippen molar-refractivity contribution in [1.29, 1.82) is 0 Å². The van der Waals surface area contributed by atoms with Crippen molar-refractivity contribution in [3.63, 3.8) is 0 Å². The van der Waals surface area contributed by atoms with Crippen molar-refractivity contribution in [3.8, 4) is 0 Å². The molecule has 0 nitrogen and oxygen atoms in total. The quantitative estimate of drug-likeness (QED) is 0.536. The van der Waals surface area contributed by atoms with Gasteiger partial charge in [0.1, 0.15) is 0 Å². The number of hydrogen-bond acceptors (Lipinski definition) is 0. The minimum atomic E-state index is 1.12. The fourth-order valence-corrected chi connectivity index (χ4v) is 0.517. The van der Waals surface area contributed by atoms with Crippen LogP contribution in [0.1, 0.15) is 20.8 Å². The predicted molar refractivity (Wildman–Crippen MR) is 52.5 cm³/mol. The lowest BCUT2D eigenvalue weighted by atomic mass is 10.1. The molecule has 60 valence electrons. The molecule has 0 radical (unpaired) electrons. The molecule has 0 aromatic heterocycles. The summed E-state index contributed by atoms with van der Waals surface area (Å²) in [6.45, 7) is 9.90. The Morgan fingerprint density at radius 3 is 2.18 bits per heavy atom. The Morgan fingerprint density at radius 1 is 1.09 bits per heavy atom. The molecule has 0 aliphatic carbocycles. The van der Waals surface area contributed by atoms with Gasteiger partial charge in [-0.2, -0.15) is 0 Å². The smallest absolute Gasteiger partial charge is 0.0395 e. The highest BCUT2D eigenvalue weighted by atomic mass is 13.9. The lowest BCUT2D eigenvalue weighted by Crippen LogP contribution is -1.72. The summed E-state index contributed by atoms with van der Waals surface area (Å²) in [4.78, 5) is 0. The van der Waals surface area contributed by atoms with Crippen LogP contribution in [0.25, 0.3) is 0 Å². The molecular formula is C11H16. The number of allylic oxidation sites excluding steroid dienone is 7. The maximum atomic E-state index is 3.83. The lowest BCUT2D eigenvalue weighted by Gasteiger charge is -1.93. The Labute approximate surface area is 69.6 Å². The minimum Gasteiger partial charge on any atom is -0.0958 e. The van der Waals surface area contributed by atoms with E-state index in [-0.39, 0.29) is 0 Å². The van der Waals surface area contributed by atoms with E-state index < -0.39 is 0 Å². The number of hydrogen-bond donors (Lipinski definition) is 0. The van der Waals surface area contributed by atoms with Gasteiger partial charge in [-0.3, -0.25) is 0 Å². The highest BCUT2D eigenvalue weighted by Gasteiger charge is 1.83. The minimum absolute atomic E-state index is 1.12. The Morgan fingerprint density at radius 2 is 1.73 bits per heavy atom. The molecule has 0 atom stereocenters. The van der Waals surface area contributed by atoms with Crippen molar-refractivity contribution >= 4 is 0 Å². The predicted octanol–water partition coefficient (Wildman–Crippen LogP) is 3.64. The van der Waals surface area contributed by atoms with Crippen LogP contribution in [0.4, 0.5) is 0 Å². The largest absolute Gasteiger partial charge is 0.0958 e. The van der Waals surface area contributed by atoms with E-state index in [0.717, 1.165) is 5.57 Å². The molecule has 0 unspecified atom stereocenters. The highest BCUT2D eigenvalue weighted by molar-refractivity contribution is 5.28. The summed E-state index contributed by atoms with van der Waals surface area (Å²) in [5.41, 5.74) is 2.35. The van der Waals surface area contributed by atoms with Crippen molar-refractivity contribution in [2.75, 3.05) is 0 Å². The molecule has 0 aromatic carbocycles. The average molecular weight is 148 g/mol. The number of rotatable bonds is 3. The van der Waals surface area contributed by atoms with E-state index >= 15 is 0 Å². The van der Waals surface area contributed by atoms with E-state index in [2.05, 4.69) is 19.6 Å². The first-order valence-electron chi connectivity index (χ1n) is 3.80. The third kappa shape index (κ3) is 5.41. The molecule has 0 heterocycles. The van der Waals surface area contributed by atoms with Gasteiger partial charge < -0.3 is 0 Å². The SMILES string of the molecule is C=C(C)C(C)=CC=CC=CC. The van der Waals surface area contributed by atoms with E-state index in [1.165, 1.54) is 5.57 Å². The van der Waals surface area contributed by atoms with E-state index in [4.69, 9.17) is 0 Å². The third-order valence-corrected chi connectivity index (χ3v) is 1.43. The molecular weight excluding hydrogens is 132 g/mol. The summed E-state index contributed by atoms with van der Waals surface area (Å²) in [6, 6.07) is 0. The zero-order chi connectivity index (χ0) is 8.69. The normalized spacial score (nSPS) is 13.2. The average Bonchev–Trinajstić information content (AvgIpc) is 1.97. The van der Waals surface area contributed by atoms with E-state index in [1.807, 2.05) is 38.2 Å². The van der Waals surface area contributed by atoms with Crippen molar-refractivity contribution in [2.24, 2.45) is 0 Å². The van der Waals surface area contributed by atoms with Gasteiger partial charge >= 0.3 is 0 Å². The Bertz CT molecular complexity index is 202. The van der Waals surface area contributed by atoms with Crippen LogP contribution in [0, 0.1) is 0 Å². The second-order valence-electron chi connectivity index (χ2n) is 2.54. The molecule has 0 amide bonds. The summed E-state index contributed by atoms with van der Waals surface area (Å²) < 4.78 is 0. The molecule has 0 aromatic rings. The monoisotopic (exact) mass is 148 g/mol. The van der Waals surface area contributed by atoms with Crippen LogP contribution < -0.4 is 0 Å². The maximum absolute atomic E-state index is 3.83. The third-order valence-electron chi connectivity index (χ3n) is 1.43. The van der Waals surface area contributed by atoms with Gasteiger partial charge in [0.2, 0.25) is 0 Å². The summed E-state index contributed by atoms with van der Waals surface area (Å²) in [5, 5.41) is 0. The lowest BCUT2D eigenvalue weighted by molar-refractivity contribution is 1.36. The summed E-state index contributed by atoms with van der Waals surface area (Å²) in [5.74, 6) is 0. The van der Waals surface area contributed by atoms with E-state index in [1.54, 1.807) is 0 Å². The van der Waals surface area contributed by atoms with Crippen LogP contribution in [-0.4, -0.2) is 0 Å². The van der Waals surface area contributed by atoms with Gasteiger partial charge in [-0.1, -0.05) is 42.5 Å². The summed E-state index contributed by atoms with van der Waals surface area (Å²) >= 11 is 0. The van der Waals surface area contributed by atoms with Gasteiger partial charge in [-0.25, -0.2) is 0 Å². The van der Waals surface area contributed by atoms with Crippen LogP contribution in [0.3, 0.4) is 0 Å². The molecule has 0 fully saturated rings. The van der Waals surface area contributed by atoms with E-state index in [0.29, 0.717) is 0 Å². The van der Waals surface area contributed by atoms with Gasteiger partial charge in [-0.15, -0.1) is 0 Å². The Hall–Kier alpha value is -1.04. The fourth-order valence-electron chi connectivity index (χ4n) is 0.517. The highest BCUT2D eigenvalue weighted by Crippen LogP contribution is 2.04. The standard InChI is InChI=1S/C11H16/c1-5-6-7-8-9-11(4)10(2)3/h5-9H,2H2,1,3-4H3. The second-order valence-corrected chi connectivity index (χ2v) is 2.54. The first kappa shape index (κ1) is 9.96. The molecule has 0 heteroatoms. The van der Waals surface area contributed by atoms with Gasteiger partial charge in [0, 0.05) is 0 Å². The zero-order valence-electron chi connectivity index (χ0n) is 7.59. The first-order valence-corrected chi connectivity index (χ1v) is 3.80. The van der Waals surface area contributed by atoms with Crippen LogP contribution >= 0.6 is 0 Å². The molecule has 0 aliphatic heterocycles. The molecule has 0 saturated carbocycles. The van der Waals surface area contributed by atoms with Gasteiger partial charge in [0.15, 0.2) is 0 Å². The van der Waals surface area contributed by atoms with Gasteiger partial charge in [0.25, 0.3) is 0 Å². The first-order chi connectivity index (χ1) is 5.18. The summed E-state index contributed by atoms with van der Waals surface area (Å²) in [7, 11) is 0. The zero-order valence-corrected chi connectivity index (χ0v) is 7.59. The van der Waals surface area contributed by atoms with Crippen molar-refractivity contribution < 1.29 is 0 Å². The van der Waals surface area contributed by atoms with Crippen molar-refractivity contribution in [1.82, 2.24) is 0 Å². The molecule has 11 heavy (non-hydrogen) atoms. The fraction of sp³-hybridized carbons (Fsp3) is 0.273. The van der Waals surface area contributed by atoms with Crippen molar-refractivity contribution in [2.45, 2.75) is 20.8 Å². The molecule has 0 bridgehead atoms. The summed E-state index contributed by atoms with van der Waals surface area (Å²) in [6.07, 6.45) is 10.1. The van der Waals surface area contributed by atoms with Crippen LogP contribution in [0.2, 0.25) is 0 Å². The molecule has 0 rings (SSSR count). The van der Waals surface area contributed by atoms with Crippen LogP contribution in [0.5, 0.6) is 0 Å². The molecule has 0 aliphatic rings. The van der Waals surface area contributed by atoms with Crippen LogP contribution in [0.15, 0.2) is 48.1 Å². The van der Waals surface area contributed by atoms with Crippen molar-refractivity contribution in [3.05, 3.63) is 48.1 Å². The van der Waals surface area contributed by atoms with Crippen LogP contribution in [-0.2, 0) is 0 Å². The molecule has 0 saturated heterocycles.